The molecule has 3 N–H and O–H groups in total. The normalized spacial score (nSPS) is 11.9. The first-order valence-electron chi connectivity index (χ1n) is 6.55. The van der Waals surface area contributed by atoms with Crippen LogP contribution in [0, 0.1) is 5.41 Å². The summed E-state index contributed by atoms with van der Waals surface area (Å²) in [5, 5.41) is 15.1. The Labute approximate surface area is 118 Å². The van der Waals surface area contributed by atoms with Crippen molar-refractivity contribution < 1.29 is 4.74 Å². The van der Waals surface area contributed by atoms with Gasteiger partial charge in [0, 0.05) is 0 Å². The molecule has 5 nitrogen and oxygen atoms in total. The van der Waals surface area contributed by atoms with E-state index in [1.165, 1.54) is 11.8 Å². The lowest BCUT2D eigenvalue weighted by atomic mass is 9.99. The van der Waals surface area contributed by atoms with Crippen LogP contribution in [0.25, 0.3) is 0 Å². The second-order valence-corrected chi connectivity index (χ2v) is 4.64. The van der Waals surface area contributed by atoms with Gasteiger partial charge in [-0.25, -0.2) is 0 Å². The average molecular weight is 270 g/mol. The number of nitrogens with two attached hydrogens (primary N) is 1. The second kappa shape index (κ2) is 6.14. The maximum absolute atomic E-state index is 7.49. The molecule has 0 amide bonds. The molecule has 1 heterocycles. The van der Waals surface area contributed by atoms with E-state index in [9.17, 15) is 0 Å². The molecule has 1 atom stereocenters. The van der Waals surface area contributed by atoms with E-state index in [4.69, 9.17) is 15.9 Å². The summed E-state index contributed by atoms with van der Waals surface area (Å²) in [5.74, 6) is 1.33. The lowest BCUT2D eigenvalue weighted by Gasteiger charge is -2.11. The van der Waals surface area contributed by atoms with E-state index in [0.717, 1.165) is 6.42 Å². The molecule has 0 aliphatic rings. The summed E-state index contributed by atoms with van der Waals surface area (Å²) >= 11 is 0. The molecular formula is C15H18N4O. The second-order valence-electron chi connectivity index (χ2n) is 4.64. The summed E-state index contributed by atoms with van der Waals surface area (Å²) < 4.78 is 5.64. The minimum Gasteiger partial charge on any atom is -0.437 e. The number of benzene rings is 1. The zero-order valence-corrected chi connectivity index (χ0v) is 11.6. The molecule has 0 aliphatic heterocycles. The summed E-state index contributed by atoms with van der Waals surface area (Å²) in [6, 6.07) is 9.46. The molecule has 0 saturated carbocycles. The number of amidine groups is 1. The van der Waals surface area contributed by atoms with Crippen molar-refractivity contribution >= 4 is 5.84 Å². The maximum Gasteiger partial charge on any atom is 0.249 e. The van der Waals surface area contributed by atoms with Gasteiger partial charge < -0.3 is 10.5 Å². The fraction of sp³-hybridized carbons (Fsp3) is 0.267. The van der Waals surface area contributed by atoms with Crippen LogP contribution < -0.4 is 10.5 Å². The van der Waals surface area contributed by atoms with Crippen molar-refractivity contribution in [3.05, 3.63) is 47.7 Å². The monoisotopic (exact) mass is 270 g/mol. The van der Waals surface area contributed by atoms with Crippen LogP contribution in [0.3, 0.4) is 0 Å². The summed E-state index contributed by atoms with van der Waals surface area (Å²) in [7, 11) is 0. The predicted octanol–water partition coefficient (Wildman–Crippen LogP) is 3.07. The van der Waals surface area contributed by atoms with Crippen molar-refractivity contribution in [3.63, 3.8) is 0 Å². The Morgan fingerprint density at radius 3 is 2.60 bits per heavy atom. The Morgan fingerprint density at radius 2 is 2.00 bits per heavy atom. The Kier molecular flexibility index (Phi) is 4.30. The van der Waals surface area contributed by atoms with Crippen LogP contribution in [-0.4, -0.2) is 16.0 Å². The largest absolute Gasteiger partial charge is 0.437 e. The first kappa shape index (κ1) is 14.0. The fourth-order valence-corrected chi connectivity index (χ4v) is 1.81. The fourth-order valence-electron chi connectivity index (χ4n) is 1.81. The van der Waals surface area contributed by atoms with Gasteiger partial charge in [0.05, 0.1) is 11.8 Å². The highest BCUT2D eigenvalue weighted by atomic mass is 16.5. The highest BCUT2D eigenvalue weighted by Gasteiger charge is 2.10. The van der Waals surface area contributed by atoms with Crippen LogP contribution in [0.2, 0.25) is 0 Å². The molecule has 5 heteroatoms. The molecule has 0 bridgehead atoms. The number of nitrogen functional groups attached to an aromatic ring is 1. The van der Waals surface area contributed by atoms with Gasteiger partial charge in [-0.2, -0.15) is 5.10 Å². The zero-order chi connectivity index (χ0) is 14.5. The van der Waals surface area contributed by atoms with Crippen LogP contribution in [0.5, 0.6) is 11.6 Å². The van der Waals surface area contributed by atoms with Crippen molar-refractivity contribution in [1.29, 1.82) is 5.41 Å². The standard InChI is InChI=1S/C15H18N4O/c1-3-10(2)11-4-6-12(7-5-11)20-15-13(14(16)17)8-9-18-19-15/h4-10H,3H2,1-2H3,(H3,16,17). The first-order chi connectivity index (χ1) is 9.61. The third kappa shape index (κ3) is 3.12. The molecule has 0 saturated heterocycles. The number of ether oxygens (including phenoxy) is 1. The van der Waals surface area contributed by atoms with E-state index >= 15 is 0 Å². The van der Waals surface area contributed by atoms with Crippen molar-refractivity contribution in [2.24, 2.45) is 5.73 Å². The topological polar surface area (TPSA) is 84.9 Å². The number of aromatic nitrogens is 2. The molecule has 1 unspecified atom stereocenters. The van der Waals surface area contributed by atoms with E-state index in [1.807, 2.05) is 24.3 Å². The quantitative estimate of drug-likeness (QED) is 0.646. The summed E-state index contributed by atoms with van der Waals surface area (Å²) in [5.41, 5.74) is 7.19. The van der Waals surface area contributed by atoms with Gasteiger partial charge in [0.15, 0.2) is 0 Å². The highest BCUT2D eigenvalue weighted by Crippen LogP contribution is 2.25. The maximum atomic E-state index is 7.49. The van der Waals surface area contributed by atoms with Gasteiger partial charge in [-0.3, -0.25) is 5.41 Å². The number of rotatable bonds is 5. The first-order valence-corrected chi connectivity index (χ1v) is 6.55. The molecule has 0 fully saturated rings. The smallest absolute Gasteiger partial charge is 0.249 e. The number of nitrogens with one attached hydrogen (secondary N) is 1. The van der Waals surface area contributed by atoms with Gasteiger partial charge in [0.1, 0.15) is 11.6 Å². The number of hydrogen-bond acceptors (Lipinski definition) is 4. The van der Waals surface area contributed by atoms with E-state index in [-0.39, 0.29) is 11.7 Å². The van der Waals surface area contributed by atoms with Crippen LogP contribution in [-0.2, 0) is 0 Å². The third-order valence-corrected chi connectivity index (χ3v) is 3.25. The molecule has 0 aliphatic carbocycles. The number of nitrogens with zero attached hydrogens (tertiary/aromatic N) is 2. The van der Waals surface area contributed by atoms with Crippen molar-refractivity contribution in [1.82, 2.24) is 10.2 Å². The molecule has 1 aromatic heterocycles. The molecule has 2 rings (SSSR count). The van der Waals surface area contributed by atoms with E-state index < -0.39 is 0 Å². The van der Waals surface area contributed by atoms with Crippen LogP contribution in [0.15, 0.2) is 36.5 Å². The summed E-state index contributed by atoms with van der Waals surface area (Å²) in [6.07, 6.45) is 2.58. The molecule has 20 heavy (non-hydrogen) atoms. The van der Waals surface area contributed by atoms with Crippen molar-refractivity contribution in [2.75, 3.05) is 0 Å². The number of hydrogen-bond donors (Lipinski definition) is 2. The molecular weight excluding hydrogens is 252 g/mol. The van der Waals surface area contributed by atoms with E-state index in [1.54, 1.807) is 6.07 Å². The summed E-state index contributed by atoms with van der Waals surface area (Å²) in [4.78, 5) is 0. The minimum atomic E-state index is -0.0916. The SMILES string of the molecule is CCC(C)c1ccc(Oc2nnccc2C(=N)N)cc1. The van der Waals surface area contributed by atoms with Gasteiger partial charge in [0.25, 0.3) is 0 Å². The van der Waals surface area contributed by atoms with Gasteiger partial charge in [-0.05, 0) is 36.1 Å². The Hall–Kier alpha value is -2.43. The zero-order valence-electron chi connectivity index (χ0n) is 11.6. The molecule has 2 aromatic rings. The van der Waals surface area contributed by atoms with Gasteiger partial charge in [0.2, 0.25) is 5.88 Å². The lowest BCUT2D eigenvalue weighted by molar-refractivity contribution is 0.453. The van der Waals surface area contributed by atoms with Gasteiger partial charge in [-0.1, -0.05) is 26.0 Å². The van der Waals surface area contributed by atoms with Crippen molar-refractivity contribution in [3.8, 4) is 11.6 Å². The van der Waals surface area contributed by atoms with E-state index in [0.29, 0.717) is 17.2 Å². The Morgan fingerprint density at radius 1 is 1.30 bits per heavy atom. The summed E-state index contributed by atoms with van der Waals surface area (Å²) in [6.45, 7) is 4.35. The molecule has 0 radical (unpaired) electrons. The Bertz CT molecular complexity index is 595. The van der Waals surface area contributed by atoms with Crippen LogP contribution >= 0.6 is 0 Å². The van der Waals surface area contributed by atoms with Crippen LogP contribution in [0.1, 0.15) is 37.3 Å². The van der Waals surface area contributed by atoms with Gasteiger partial charge in [-0.15, -0.1) is 5.10 Å². The minimum absolute atomic E-state index is 0.0916. The lowest BCUT2D eigenvalue weighted by Crippen LogP contribution is -2.13. The predicted molar refractivity (Wildman–Crippen MR) is 78.3 cm³/mol. The van der Waals surface area contributed by atoms with E-state index in [2.05, 4.69) is 24.0 Å². The Balaban J connectivity index is 2.20. The van der Waals surface area contributed by atoms with Crippen LogP contribution in [0.4, 0.5) is 0 Å². The highest BCUT2D eigenvalue weighted by molar-refractivity contribution is 5.96. The molecule has 0 spiro atoms. The molecule has 1 aromatic carbocycles. The molecule has 104 valence electrons. The third-order valence-electron chi connectivity index (χ3n) is 3.25. The van der Waals surface area contributed by atoms with Gasteiger partial charge >= 0.3 is 0 Å². The average Bonchev–Trinajstić information content (AvgIpc) is 2.47. The van der Waals surface area contributed by atoms with Crippen molar-refractivity contribution in [2.45, 2.75) is 26.2 Å².